The van der Waals surface area contributed by atoms with Gasteiger partial charge in [0.15, 0.2) is 17.2 Å². The van der Waals surface area contributed by atoms with Gasteiger partial charge in [0.2, 0.25) is 0 Å². The summed E-state index contributed by atoms with van der Waals surface area (Å²) in [6.45, 7) is 1.26. The van der Waals surface area contributed by atoms with Gasteiger partial charge in [-0.2, -0.15) is 14.4 Å². The molecule has 1 amide bonds. The summed E-state index contributed by atoms with van der Waals surface area (Å²) in [7, 11) is 3.91. The second-order valence-corrected chi connectivity index (χ2v) is 7.84. The predicted octanol–water partition coefficient (Wildman–Crippen LogP) is 1.79. The van der Waals surface area contributed by atoms with Gasteiger partial charge in [-0.15, -0.1) is 20.4 Å². The number of aromatic nitrogens is 7. The van der Waals surface area contributed by atoms with Crippen LogP contribution in [-0.4, -0.2) is 72.8 Å². The lowest BCUT2D eigenvalue weighted by Gasteiger charge is -2.30. The fraction of sp³-hybridized carbons (Fsp3) is 0.333. The van der Waals surface area contributed by atoms with E-state index in [0.717, 1.165) is 35.8 Å². The van der Waals surface area contributed by atoms with E-state index in [1.807, 2.05) is 70.9 Å². The van der Waals surface area contributed by atoms with Gasteiger partial charge >= 0.3 is 0 Å². The molecule has 0 N–H and O–H groups in total. The zero-order chi connectivity index (χ0) is 21.4. The highest BCUT2D eigenvalue weighted by atomic mass is 16.2. The maximum atomic E-state index is 12.9. The van der Waals surface area contributed by atoms with Crippen molar-refractivity contribution in [1.82, 2.24) is 39.7 Å². The fourth-order valence-corrected chi connectivity index (χ4v) is 3.84. The molecule has 10 nitrogen and oxygen atoms in total. The van der Waals surface area contributed by atoms with Crippen molar-refractivity contribution in [3.8, 4) is 5.69 Å². The summed E-state index contributed by atoms with van der Waals surface area (Å²) in [5.74, 6) is 1.80. The maximum absolute atomic E-state index is 12.9. The van der Waals surface area contributed by atoms with Crippen LogP contribution in [0.25, 0.3) is 11.3 Å². The number of fused-ring (bicyclic) bond motifs is 1. The predicted molar refractivity (Wildman–Crippen MR) is 114 cm³/mol. The SMILES string of the molecule is CN(C)c1ccc2nnc(C3CCN(C(=O)c4cnn(-c5ccccc5)n4)CC3)n2n1. The van der Waals surface area contributed by atoms with Gasteiger partial charge in [-0.3, -0.25) is 4.79 Å². The fourth-order valence-electron chi connectivity index (χ4n) is 3.84. The summed E-state index contributed by atoms with van der Waals surface area (Å²) < 4.78 is 1.82. The molecule has 1 aromatic carbocycles. The molecule has 4 heterocycles. The van der Waals surface area contributed by atoms with Gasteiger partial charge in [0.25, 0.3) is 5.91 Å². The highest BCUT2D eigenvalue weighted by Gasteiger charge is 2.29. The number of piperidine rings is 1. The molecular formula is C21H23N9O. The van der Waals surface area contributed by atoms with Crippen LogP contribution in [0, 0.1) is 0 Å². The Morgan fingerprint density at radius 1 is 1.00 bits per heavy atom. The number of carbonyl (C=O) groups excluding carboxylic acids is 1. The largest absolute Gasteiger partial charge is 0.361 e. The van der Waals surface area contributed by atoms with Gasteiger partial charge in [0, 0.05) is 33.1 Å². The average Bonchev–Trinajstić information content (AvgIpc) is 3.46. The molecule has 1 aliphatic rings. The van der Waals surface area contributed by atoms with Crippen LogP contribution in [-0.2, 0) is 0 Å². The van der Waals surface area contributed by atoms with E-state index in [0.29, 0.717) is 18.8 Å². The van der Waals surface area contributed by atoms with Gasteiger partial charge in [0.05, 0.1) is 11.9 Å². The first-order chi connectivity index (χ1) is 15.1. The number of benzene rings is 1. The van der Waals surface area contributed by atoms with E-state index in [4.69, 9.17) is 0 Å². The second-order valence-electron chi connectivity index (χ2n) is 7.84. The van der Waals surface area contributed by atoms with Crippen molar-refractivity contribution in [1.29, 1.82) is 0 Å². The highest BCUT2D eigenvalue weighted by Crippen LogP contribution is 2.27. The third kappa shape index (κ3) is 3.60. The summed E-state index contributed by atoms with van der Waals surface area (Å²) in [4.78, 5) is 18.2. The third-order valence-corrected chi connectivity index (χ3v) is 5.58. The molecule has 0 spiro atoms. The lowest BCUT2D eigenvalue weighted by molar-refractivity contribution is 0.0704. The monoisotopic (exact) mass is 417 g/mol. The Morgan fingerprint density at radius 3 is 2.52 bits per heavy atom. The molecule has 31 heavy (non-hydrogen) atoms. The van der Waals surface area contributed by atoms with E-state index in [1.165, 1.54) is 11.0 Å². The first-order valence-corrected chi connectivity index (χ1v) is 10.3. The van der Waals surface area contributed by atoms with Crippen molar-refractivity contribution in [2.45, 2.75) is 18.8 Å². The van der Waals surface area contributed by atoms with Crippen LogP contribution in [0.5, 0.6) is 0 Å². The Hall–Kier alpha value is -3.82. The van der Waals surface area contributed by atoms with Crippen LogP contribution in [0.2, 0.25) is 0 Å². The summed E-state index contributed by atoms with van der Waals surface area (Å²) in [6, 6.07) is 13.4. The molecule has 5 rings (SSSR count). The summed E-state index contributed by atoms with van der Waals surface area (Å²) >= 11 is 0. The number of anilines is 1. The maximum Gasteiger partial charge on any atom is 0.276 e. The summed E-state index contributed by atoms with van der Waals surface area (Å²) in [5.41, 5.74) is 1.91. The minimum absolute atomic E-state index is 0.0975. The molecule has 1 saturated heterocycles. The van der Waals surface area contributed by atoms with Crippen molar-refractivity contribution in [2.24, 2.45) is 0 Å². The average molecular weight is 417 g/mol. The van der Waals surface area contributed by atoms with E-state index in [-0.39, 0.29) is 11.8 Å². The normalized spacial score (nSPS) is 14.8. The molecule has 3 aromatic heterocycles. The molecule has 0 aliphatic carbocycles. The molecule has 0 atom stereocenters. The van der Waals surface area contributed by atoms with Crippen molar-refractivity contribution in [3.63, 3.8) is 0 Å². The first kappa shape index (κ1) is 19.2. The van der Waals surface area contributed by atoms with Crippen LogP contribution in [0.1, 0.15) is 35.1 Å². The number of likely N-dealkylation sites (tertiary alicyclic amines) is 1. The quantitative estimate of drug-likeness (QED) is 0.499. The molecule has 1 aliphatic heterocycles. The number of hydrogen-bond acceptors (Lipinski definition) is 7. The number of para-hydroxylation sites is 1. The van der Waals surface area contributed by atoms with Gasteiger partial charge in [-0.25, -0.2) is 0 Å². The van der Waals surface area contributed by atoms with E-state index in [9.17, 15) is 4.79 Å². The molecule has 0 radical (unpaired) electrons. The molecule has 1 fully saturated rings. The third-order valence-electron chi connectivity index (χ3n) is 5.58. The Balaban J connectivity index is 1.29. The molecule has 0 unspecified atom stereocenters. The smallest absolute Gasteiger partial charge is 0.276 e. The van der Waals surface area contributed by atoms with E-state index in [2.05, 4.69) is 25.5 Å². The lowest BCUT2D eigenvalue weighted by atomic mass is 9.96. The van der Waals surface area contributed by atoms with Crippen LogP contribution < -0.4 is 4.90 Å². The standard InChI is InChI=1S/C21H23N9O/c1-27(2)19-9-8-18-23-24-20(29(18)26-19)15-10-12-28(13-11-15)21(31)17-14-22-30(25-17)16-6-4-3-5-7-16/h3-9,14-15H,10-13H2,1-2H3. The molecule has 158 valence electrons. The molecule has 10 heteroatoms. The Labute approximate surface area is 179 Å². The van der Waals surface area contributed by atoms with Gasteiger partial charge < -0.3 is 9.80 Å². The number of rotatable bonds is 4. The number of carbonyl (C=O) groups is 1. The summed E-state index contributed by atoms with van der Waals surface area (Å²) in [6.07, 6.45) is 3.13. The molecular weight excluding hydrogens is 394 g/mol. The lowest BCUT2D eigenvalue weighted by Crippen LogP contribution is -2.38. The van der Waals surface area contributed by atoms with Crippen LogP contribution in [0.3, 0.4) is 0 Å². The van der Waals surface area contributed by atoms with Crippen LogP contribution in [0.15, 0.2) is 48.7 Å². The van der Waals surface area contributed by atoms with E-state index >= 15 is 0 Å². The van der Waals surface area contributed by atoms with Crippen LogP contribution in [0.4, 0.5) is 5.82 Å². The van der Waals surface area contributed by atoms with Crippen LogP contribution >= 0.6 is 0 Å². The highest BCUT2D eigenvalue weighted by molar-refractivity contribution is 5.92. The van der Waals surface area contributed by atoms with Crippen molar-refractivity contribution < 1.29 is 4.79 Å². The van der Waals surface area contributed by atoms with Gasteiger partial charge in [-0.1, -0.05) is 18.2 Å². The minimum atomic E-state index is -0.0975. The van der Waals surface area contributed by atoms with Crippen molar-refractivity contribution in [3.05, 3.63) is 60.2 Å². The zero-order valence-electron chi connectivity index (χ0n) is 17.5. The zero-order valence-corrected chi connectivity index (χ0v) is 17.5. The molecule has 4 aromatic rings. The van der Waals surface area contributed by atoms with Gasteiger partial charge in [0.1, 0.15) is 5.82 Å². The number of amides is 1. The number of hydrogen-bond donors (Lipinski definition) is 0. The topological polar surface area (TPSA) is 97.3 Å². The Bertz CT molecular complexity index is 1210. The molecule has 0 bridgehead atoms. The second kappa shape index (κ2) is 7.78. The van der Waals surface area contributed by atoms with E-state index < -0.39 is 0 Å². The Morgan fingerprint density at radius 2 is 1.77 bits per heavy atom. The first-order valence-electron chi connectivity index (χ1n) is 10.3. The minimum Gasteiger partial charge on any atom is -0.361 e. The summed E-state index contributed by atoms with van der Waals surface area (Å²) in [5, 5.41) is 21.9. The van der Waals surface area contributed by atoms with Gasteiger partial charge in [-0.05, 0) is 37.1 Å². The van der Waals surface area contributed by atoms with E-state index in [1.54, 1.807) is 0 Å². The Kier molecular flexibility index (Phi) is 4.81. The van der Waals surface area contributed by atoms with Crippen molar-refractivity contribution >= 4 is 17.4 Å². The molecule has 0 saturated carbocycles. The number of nitrogens with zero attached hydrogens (tertiary/aromatic N) is 9. The van der Waals surface area contributed by atoms with Crippen molar-refractivity contribution in [2.75, 3.05) is 32.1 Å².